The lowest BCUT2D eigenvalue weighted by molar-refractivity contribution is -0.131. The quantitative estimate of drug-likeness (QED) is 0.876. The van der Waals surface area contributed by atoms with Gasteiger partial charge in [-0.2, -0.15) is 0 Å². The highest BCUT2D eigenvalue weighted by Gasteiger charge is 2.24. The maximum atomic E-state index is 13.6. The number of ether oxygens (including phenoxy) is 1. The highest BCUT2D eigenvalue weighted by molar-refractivity contribution is 5.80. The molecule has 0 aliphatic carbocycles. The molecule has 1 N–H and O–H groups in total. The van der Waals surface area contributed by atoms with Gasteiger partial charge in [-0.15, -0.1) is 0 Å². The zero-order chi connectivity index (χ0) is 17.5. The van der Waals surface area contributed by atoms with Crippen molar-refractivity contribution in [2.75, 3.05) is 31.6 Å². The molecule has 0 bridgehead atoms. The Morgan fingerprint density at radius 1 is 1.32 bits per heavy atom. The van der Waals surface area contributed by atoms with Gasteiger partial charge in [0.15, 0.2) is 11.6 Å². The Morgan fingerprint density at radius 2 is 2.20 bits per heavy atom. The first-order valence-corrected chi connectivity index (χ1v) is 8.51. The lowest BCUT2D eigenvalue weighted by atomic mass is 9.99. The molecule has 2 heterocycles. The van der Waals surface area contributed by atoms with Crippen LogP contribution in [0, 0.1) is 11.7 Å². The molecule has 0 saturated carbocycles. The minimum absolute atomic E-state index is 0.0550. The van der Waals surface area contributed by atoms with Gasteiger partial charge in [-0.1, -0.05) is 12.1 Å². The summed E-state index contributed by atoms with van der Waals surface area (Å²) >= 11 is 0. The van der Waals surface area contributed by atoms with E-state index in [4.69, 9.17) is 4.74 Å². The maximum Gasteiger partial charge on any atom is 0.241 e. The Morgan fingerprint density at radius 3 is 3.00 bits per heavy atom. The lowest BCUT2D eigenvalue weighted by Crippen LogP contribution is -2.44. The highest BCUT2D eigenvalue weighted by Crippen LogP contribution is 2.21. The van der Waals surface area contributed by atoms with E-state index in [1.807, 2.05) is 17.0 Å². The molecule has 1 aromatic heterocycles. The summed E-state index contributed by atoms with van der Waals surface area (Å²) in [5, 5.41) is 3.09. The van der Waals surface area contributed by atoms with Crippen LogP contribution in [0.15, 0.2) is 48.8 Å². The average molecular weight is 343 g/mol. The molecule has 1 aromatic carbocycles. The standard InChI is InChI=1S/C19H22FN3O2/c20-17-7-1-2-8-18(17)25-14-15-5-4-10-23(13-15)19(24)12-22-16-6-3-9-21-11-16/h1-3,6-9,11,15,22H,4-5,10,12-14H2. The van der Waals surface area contributed by atoms with Crippen molar-refractivity contribution in [1.29, 1.82) is 0 Å². The number of hydrogen-bond acceptors (Lipinski definition) is 4. The van der Waals surface area contributed by atoms with E-state index in [0.29, 0.717) is 13.2 Å². The van der Waals surface area contributed by atoms with Gasteiger partial charge in [0, 0.05) is 31.4 Å². The molecule has 2 aromatic rings. The SMILES string of the molecule is O=C(CNc1cccnc1)N1CCCC(COc2ccccc2F)C1. The van der Waals surface area contributed by atoms with Crippen molar-refractivity contribution in [2.45, 2.75) is 12.8 Å². The second-order valence-corrected chi connectivity index (χ2v) is 6.18. The first-order chi connectivity index (χ1) is 12.2. The van der Waals surface area contributed by atoms with Crippen LogP contribution in [-0.4, -0.2) is 42.0 Å². The monoisotopic (exact) mass is 343 g/mol. The fourth-order valence-electron chi connectivity index (χ4n) is 2.95. The van der Waals surface area contributed by atoms with Crippen molar-refractivity contribution in [1.82, 2.24) is 9.88 Å². The minimum atomic E-state index is -0.355. The number of benzene rings is 1. The molecule has 6 heteroatoms. The fourth-order valence-corrected chi connectivity index (χ4v) is 2.95. The largest absolute Gasteiger partial charge is 0.490 e. The smallest absolute Gasteiger partial charge is 0.241 e. The lowest BCUT2D eigenvalue weighted by Gasteiger charge is -2.32. The second-order valence-electron chi connectivity index (χ2n) is 6.18. The van der Waals surface area contributed by atoms with Crippen LogP contribution in [-0.2, 0) is 4.79 Å². The van der Waals surface area contributed by atoms with Gasteiger partial charge >= 0.3 is 0 Å². The van der Waals surface area contributed by atoms with Gasteiger partial charge in [-0.05, 0) is 37.1 Å². The molecule has 1 fully saturated rings. The number of pyridine rings is 1. The average Bonchev–Trinajstić information content (AvgIpc) is 2.66. The van der Waals surface area contributed by atoms with Crippen LogP contribution in [0.5, 0.6) is 5.75 Å². The number of aromatic nitrogens is 1. The summed E-state index contributed by atoms with van der Waals surface area (Å²) in [4.78, 5) is 18.2. The zero-order valence-corrected chi connectivity index (χ0v) is 14.0. The summed E-state index contributed by atoms with van der Waals surface area (Å²) in [6, 6.07) is 10.1. The van der Waals surface area contributed by atoms with Crippen LogP contribution >= 0.6 is 0 Å². The van der Waals surface area contributed by atoms with Crippen molar-refractivity contribution >= 4 is 11.6 Å². The molecule has 1 unspecified atom stereocenters. The number of para-hydroxylation sites is 1. The van der Waals surface area contributed by atoms with Gasteiger partial charge < -0.3 is 15.0 Å². The molecule has 1 saturated heterocycles. The minimum Gasteiger partial charge on any atom is -0.490 e. The molecular weight excluding hydrogens is 321 g/mol. The van der Waals surface area contributed by atoms with Crippen LogP contribution in [0.25, 0.3) is 0 Å². The van der Waals surface area contributed by atoms with Gasteiger partial charge in [0.25, 0.3) is 0 Å². The number of nitrogens with zero attached hydrogens (tertiary/aromatic N) is 2. The van der Waals surface area contributed by atoms with Gasteiger partial charge in [0.05, 0.1) is 18.8 Å². The van der Waals surface area contributed by atoms with E-state index >= 15 is 0 Å². The fraction of sp³-hybridized carbons (Fsp3) is 0.368. The van der Waals surface area contributed by atoms with Crippen LogP contribution in [0.2, 0.25) is 0 Å². The number of rotatable bonds is 6. The number of likely N-dealkylation sites (tertiary alicyclic amines) is 1. The normalized spacial score (nSPS) is 17.2. The summed E-state index contributed by atoms with van der Waals surface area (Å²) in [5.41, 5.74) is 0.826. The van der Waals surface area contributed by atoms with Gasteiger partial charge in [-0.3, -0.25) is 9.78 Å². The second kappa shape index (κ2) is 8.46. The third kappa shape index (κ3) is 4.92. The highest BCUT2D eigenvalue weighted by atomic mass is 19.1. The molecule has 5 nitrogen and oxygen atoms in total. The number of piperidine rings is 1. The number of anilines is 1. The molecule has 132 valence electrons. The molecule has 1 aliphatic rings. The number of carbonyl (C=O) groups excluding carboxylic acids is 1. The number of hydrogen-bond donors (Lipinski definition) is 1. The summed E-state index contributed by atoms with van der Waals surface area (Å²) < 4.78 is 19.2. The molecule has 1 aliphatic heterocycles. The number of halogens is 1. The van der Waals surface area contributed by atoms with E-state index in [0.717, 1.165) is 25.1 Å². The Hall–Kier alpha value is -2.63. The van der Waals surface area contributed by atoms with Crippen molar-refractivity contribution in [3.8, 4) is 5.75 Å². The topological polar surface area (TPSA) is 54.5 Å². The van der Waals surface area contributed by atoms with Gasteiger partial charge in [-0.25, -0.2) is 4.39 Å². The Kier molecular flexibility index (Phi) is 5.82. The first-order valence-electron chi connectivity index (χ1n) is 8.51. The Bertz CT molecular complexity index is 696. The molecule has 1 atom stereocenters. The maximum absolute atomic E-state index is 13.6. The molecule has 1 amide bonds. The molecule has 0 spiro atoms. The van der Waals surface area contributed by atoms with E-state index in [9.17, 15) is 9.18 Å². The molecule has 0 radical (unpaired) electrons. The predicted molar refractivity (Wildman–Crippen MR) is 93.9 cm³/mol. The van der Waals surface area contributed by atoms with E-state index in [1.165, 1.54) is 6.07 Å². The van der Waals surface area contributed by atoms with E-state index in [1.54, 1.807) is 30.6 Å². The van der Waals surface area contributed by atoms with Gasteiger partial charge in [0.1, 0.15) is 0 Å². The summed E-state index contributed by atoms with van der Waals surface area (Å²) in [6.45, 7) is 2.05. The zero-order valence-electron chi connectivity index (χ0n) is 14.0. The van der Waals surface area contributed by atoms with Crippen LogP contribution in [0.1, 0.15) is 12.8 Å². The summed E-state index contributed by atoms with van der Waals surface area (Å²) in [7, 11) is 0. The number of carbonyl (C=O) groups is 1. The molecule has 25 heavy (non-hydrogen) atoms. The van der Waals surface area contributed by atoms with E-state index < -0.39 is 0 Å². The first kappa shape index (κ1) is 17.2. The molecular formula is C19H22FN3O2. The number of amides is 1. The van der Waals surface area contributed by atoms with Crippen LogP contribution in [0.3, 0.4) is 0 Å². The van der Waals surface area contributed by atoms with Crippen LogP contribution in [0.4, 0.5) is 10.1 Å². The Balaban J connectivity index is 1.47. The third-order valence-electron chi connectivity index (χ3n) is 4.29. The third-order valence-corrected chi connectivity index (χ3v) is 4.29. The van der Waals surface area contributed by atoms with Crippen molar-refractivity contribution in [3.05, 3.63) is 54.6 Å². The van der Waals surface area contributed by atoms with Crippen molar-refractivity contribution < 1.29 is 13.9 Å². The number of nitrogens with one attached hydrogen (secondary N) is 1. The van der Waals surface area contributed by atoms with Gasteiger partial charge in [0.2, 0.25) is 5.91 Å². The summed E-state index contributed by atoms with van der Waals surface area (Å²) in [6.07, 6.45) is 5.30. The predicted octanol–water partition coefficient (Wildman–Crippen LogP) is 2.95. The Labute approximate surface area is 146 Å². The van der Waals surface area contributed by atoms with E-state index in [-0.39, 0.29) is 29.9 Å². The molecule has 3 rings (SSSR count). The van der Waals surface area contributed by atoms with Crippen molar-refractivity contribution in [3.63, 3.8) is 0 Å². The van der Waals surface area contributed by atoms with E-state index in [2.05, 4.69) is 10.3 Å². The summed E-state index contributed by atoms with van der Waals surface area (Å²) in [5.74, 6) is 0.186. The van der Waals surface area contributed by atoms with Crippen molar-refractivity contribution in [2.24, 2.45) is 5.92 Å². The van der Waals surface area contributed by atoms with Crippen LogP contribution < -0.4 is 10.1 Å².